The van der Waals surface area contributed by atoms with Crippen molar-refractivity contribution in [1.82, 2.24) is 0 Å². The molecule has 25 heavy (non-hydrogen) atoms. The quantitative estimate of drug-likeness (QED) is 0.816. The molecule has 0 fully saturated rings. The third-order valence-electron chi connectivity index (χ3n) is 4.17. The van der Waals surface area contributed by atoms with Crippen LogP contribution in [0.15, 0.2) is 24.3 Å². The smallest absolute Gasteiger partial charge is 0.341 e. The Morgan fingerprint density at radius 1 is 1.32 bits per heavy atom. The van der Waals surface area contributed by atoms with Gasteiger partial charge < -0.3 is 15.0 Å². The summed E-state index contributed by atoms with van der Waals surface area (Å²) < 4.78 is 18.2. The number of carbonyl (C=O) groups is 2. The molecule has 0 saturated heterocycles. The van der Waals surface area contributed by atoms with Gasteiger partial charge in [-0.2, -0.15) is 0 Å². The fourth-order valence-electron chi connectivity index (χ4n) is 2.90. The molecule has 2 N–H and O–H groups in total. The molecule has 7 heteroatoms. The van der Waals surface area contributed by atoms with Gasteiger partial charge in [0.2, 0.25) is 0 Å². The van der Waals surface area contributed by atoms with Crippen LogP contribution in [0.5, 0.6) is 0 Å². The lowest BCUT2D eigenvalue weighted by Gasteiger charge is -2.19. The molecular weight excluding hydrogens is 343 g/mol. The van der Waals surface area contributed by atoms with Crippen molar-refractivity contribution < 1.29 is 23.6 Å². The van der Waals surface area contributed by atoms with Crippen LogP contribution in [0.25, 0.3) is 0 Å². The lowest BCUT2D eigenvalue weighted by molar-refractivity contribution is -0.895. The summed E-state index contributed by atoms with van der Waals surface area (Å²) in [5, 5.41) is 3.31. The van der Waals surface area contributed by atoms with E-state index in [2.05, 4.69) is 12.4 Å². The first kappa shape index (κ1) is 17.6. The summed E-state index contributed by atoms with van der Waals surface area (Å²) in [7, 11) is 2.10. The zero-order valence-electron chi connectivity index (χ0n) is 14.1. The van der Waals surface area contributed by atoms with Crippen LogP contribution in [-0.2, 0) is 17.7 Å². The molecule has 0 spiro atoms. The van der Waals surface area contributed by atoms with Crippen LogP contribution in [0, 0.1) is 5.82 Å². The van der Waals surface area contributed by atoms with E-state index >= 15 is 0 Å². The maximum atomic E-state index is 13.0. The third kappa shape index (κ3) is 3.72. The first-order valence-corrected chi connectivity index (χ1v) is 9.01. The third-order valence-corrected chi connectivity index (χ3v) is 5.32. The Balaban J connectivity index is 1.93. The van der Waals surface area contributed by atoms with Gasteiger partial charge in [0.15, 0.2) is 0 Å². The van der Waals surface area contributed by atoms with Gasteiger partial charge in [0.1, 0.15) is 17.4 Å². The number of amides is 1. The molecule has 1 unspecified atom stereocenters. The molecule has 0 bridgehead atoms. The number of quaternary nitrogens is 1. The Morgan fingerprint density at radius 3 is 2.72 bits per heavy atom. The number of hydrogen-bond acceptors (Lipinski definition) is 4. The van der Waals surface area contributed by atoms with E-state index in [0.29, 0.717) is 16.1 Å². The SMILES string of the molecule is CCOC(=O)c1c(NC(=O)c2ccc(F)cc2)sc2c1CC[NH+](C)C2. The number of carbonyl (C=O) groups excluding carboxylic acids is 2. The molecule has 2 heterocycles. The zero-order chi connectivity index (χ0) is 18.0. The van der Waals surface area contributed by atoms with Crippen molar-refractivity contribution in [2.24, 2.45) is 0 Å². The fraction of sp³-hybridized carbons (Fsp3) is 0.333. The molecule has 132 valence electrons. The van der Waals surface area contributed by atoms with E-state index in [1.165, 1.54) is 40.5 Å². The van der Waals surface area contributed by atoms with E-state index in [1.807, 2.05) is 0 Å². The van der Waals surface area contributed by atoms with Crippen molar-refractivity contribution in [2.75, 3.05) is 25.5 Å². The minimum Gasteiger partial charge on any atom is -0.462 e. The zero-order valence-corrected chi connectivity index (χ0v) is 15.0. The summed E-state index contributed by atoms with van der Waals surface area (Å²) in [5.74, 6) is -1.18. The summed E-state index contributed by atoms with van der Waals surface area (Å²) >= 11 is 1.42. The second-order valence-electron chi connectivity index (χ2n) is 6.02. The Morgan fingerprint density at radius 2 is 2.04 bits per heavy atom. The highest BCUT2D eigenvalue weighted by atomic mass is 32.1. The van der Waals surface area contributed by atoms with Crippen molar-refractivity contribution in [3.63, 3.8) is 0 Å². The highest BCUT2D eigenvalue weighted by molar-refractivity contribution is 7.17. The van der Waals surface area contributed by atoms with Gasteiger partial charge in [-0.15, -0.1) is 11.3 Å². The molecule has 1 aromatic heterocycles. The molecular formula is C18H20FN2O3S+. The molecule has 0 saturated carbocycles. The van der Waals surface area contributed by atoms with Crippen LogP contribution in [0.3, 0.4) is 0 Å². The van der Waals surface area contributed by atoms with Crippen molar-refractivity contribution >= 4 is 28.2 Å². The normalized spacial score (nSPS) is 16.2. The molecule has 3 rings (SSSR count). The van der Waals surface area contributed by atoms with E-state index < -0.39 is 11.8 Å². The maximum Gasteiger partial charge on any atom is 0.341 e. The lowest BCUT2D eigenvalue weighted by atomic mass is 10.0. The fourth-order valence-corrected chi connectivity index (χ4v) is 4.25. The minimum atomic E-state index is -0.408. The average Bonchev–Trinajstić information content (AvgIpc) is 2.92. The van der Waals surface area contributed by atoms with Gasteiger partial charge in [-0.05, 0) is 36.8 Å². The Bertz CT molecular complexity index is 801. The van der Waals surface area contributed by atoms with Crippen molar-refractivity contribution in [3.8, 4) is 0 Å². The summed E-state index contributed by atoms with van der Waals surface area (Å²) in [4.78, 5) is 27.3. The van der Waals surface area contributed by atoms with E-state index in [0.717, 1.165) is 30.0 Å². The first-order chi connectivity index (χ1) is 12.0. The summed E-state index contributed by atoms with van der Waals surface area (Å²) in [6, 6.07) is 5.30. The average molecular weight is 363 g/mol. The monoisotopic (exact) mass is 363 g/mol. The Kier molecular flexibility index (Phi) is 5.15. The summed E-state index contributed by atoms with van der Waals surface area (Å²) in [6.07, 6.45) is 0.776. The molecule has 1 aliphatic rings. The van der Waals surface area contributed by atoms with Gasteiger partial charge in [0.25, 0.3) is 5.91 Å². The number of ether oxygens (including phenoxy) is 1. The molecule has 1 amide bonds. The number of benzene rings is 1. The molecule has 0 radical (unpaired) electrons. The van der Waals surface area contributed by atoms with Crippen molar-refractivity contribution in [1.29, 1.82) is 0 Å². The predicted molar refractivity (Wildman–Crippen MR) is 93.8 cm³/mol. The van der Waals surface area contributed by atoms with Gasteiger partial charge >= 0.3 is 5.97 Å². The van der Waals surface area contributed by atoms with Gasteiger partial charge in [0, 0.05) is 12.0 Å². The first-order valence-electron chi connectivity index (χ1n) is 8.19. The second-order valence-corrected chi connectivity index (χ2v) is 7.13. The maximum absolute atomic E-state index is 13.0. The van der Waals surface area contributed by atoms with Gasteiger partial charge in [-0.1, -0.05) is 0 Å². The summed E-state index contributed by atoms with van der Waals surface area (Å²) in [5.41, 5.74) is 1.78. The minimum absolute atomic E-state index is 0.278. The molecule has 2 aromatic rings. The lowest BCUT2D eigenvalue weighted by Crippen LogP contribution is -3.08. The Hall–Kier alpha value is -2.25. The standard InChI is InChI=1S/C18H19FN2O3S/c1-3-24-18(23)15-13-8-9-21(2)10-14(13)25-17(15)20-16(22)11-4-6-12(19)7-5-11/h4-7H,3,8-10H2,1-2H3,(H,20,22)/p+1. The number of likely N-dealkylation sites (N-methyl/N-ethyl adjacent to an activating group) is 1. The Labute approximate surface area is 149 Å². The van der Waals surface area contributed by atoms with Crippen LogP contribution in [0.2, 0.25) is 0 Å². The van der Waals surface area contributed by atoms with E-state index in [1.54, 1.807) is 6.92 Å². The van der Waals surface area contributed by atoms with Gasteiger partial charge in [-0.25, -0.2) is 9.18 Å². The van der Waals surface area contributed by atoms with Crippen molar-refractivity contribution in [2.45, 2.75) is 19.9 Å². The highest BCUT2D eigenvalue weighted by Crippen LogP contribution is 2.35. The topological polar surface area (TPSA) is 59.8 Å². The van der Waals surface area contributed by atoms with E-state index in [-0.39, 0.29) is 12.5 Å². The molecule has 1 aliphatic heterocycles. The molecule has 1 aromatic carbocycles. The summed E-state index contributed by atoms with van der Waals surface area (Å²) in [6.45, 7) is 3.78. The number of nitrogens with one attached hydrogen (secondary N) is 2. The number of thiophene rings is 1. The van der Waals surface area contributed by atoms with Crippen LogP contribution in [0.4, 0.5) is 9.39 Å². The van der Waals surface area contributed by atoms with E-state index in [9.17, 15) is 14.0 Å². The number of anilines is 1. The molecule has 5 nitrogen and oxygen atoms in total. The number of rotatable bonds is 4. The second kappa shape index (κ2) is 7.33. The van der Waals surface area contributed by atoms with Gasteiger partial charge in [-0.3, -0.25) is 4.79 Å². The van der Waals surface area contributed by atoms with Gasteiger partial charge in [0.05, 0.1) is 30.6 Å². The number of halogens is 1. The van der Waals surface area contributed by atoms with Crippen LogP contribution < -0.4 is 10.2 Å². The van der Waals surface area contributed by atoms with Crippen LogP contribution >= 0.6 is 11.3 Å². The number of hydrogen-bond donors (Lipinski definition) is 2. The molecule has 1 atom stereocenters. The van der Waals surface area contributed by atoms with Crippen LogP contribution in [-0.4, -0.2) is 32.1 Å². The van der Waals surface area contributed by atoms with Crippen molar-refractivity contribution in [3.05, 3.63) is 51.7 Å². The largest absolute Gasteiger partial charge is 0.462 e. The van der Waals surface area contributed by atoms with E-state index in [4.69, 9.17) is 4.74 Å². The number of fused-ring (bicyclic) bond motifs is 1. The highest BCUT2D eigenvalue weighted by Gasteiger charge is 2.30. The predicted octanol–water partition coefficient (Wildman–Crippen LogP) is 1.89. The van der Waals surface area contributed by atoms with Crippen LogP contribution in [0.1, 0.15) is 38.1 Å². The molecule has 0 aliphatic carbocycles. The number of esters is 1.